The van der Waals surface area contributed by atoms with Gasteiger partial charge in [-0.2, -0.15) is 4.98 Å². The van der Waals surface area contributed by atoms with E-state index in [1.54, 1.807) is 25.1 Å². The highest BCUT2D eigenvalue weighted by molar-refractivity contribution is 6.30. The second-order valence-corrected chi connectivity index (χ2v) is 8.10. The van der Waals surface area contributed by atoms with Crippen LogP contribution in [0.5, 0.6) is 0 Å². The number of amides is 2. The summed E-state index contributed by atoms with van der Waals surface area (Å²) >= 11 is 6.20. The molecular formula is C25H17ClF2N4O2. The van der Waals surface area contributed by atoms with Gasteiger partial charge in [0.05, 0.1) is 17.3 Å². The van der Waals surface area contributed by atoms with E-state index in [0.717, 1.165) is 17.7 Å². The molecule has 1 unspecified atom stereocenters. The summed E-state index contributed by atoms with van der Waals surface area (Å²) in [5.41, 5.74) is 2.52. The van der Waals surface area contributed by atoms with E-state index in [9.17, 15) is 13.6 Å². The molecule has 1 aliphatic heterocycles. The van der Waals surface area contributed by atoms with E-state index in [0.29, 0.717) is 27.7 Å². The molecule has 4 aromatic rings. The van der Waals surface area contributed by atoms with E-state index < -0.39 is 23.7 Å². The SMILES string of the molecule is CC1=C(c2nc(-c3ccccc3)no2)C(c2cccc(Cl)c2)NC(=O)N1c1ccc(F)c(F)c1. The molecule has 3 aromatic carbocycles. The van der Waals surface area contributed by atoms with E-state index in [4.69, 9.17) is 16.1 Å². The van der Waals surface area contributed by atoms with Crippen LogP contribution in [0, 0.1) is 11.6 Å². The second kappa shape index (κ2) is 8.72. The van der Waals surface area contributed by atoms with Gasteiger partial charge >= 0.3 is 6.03 Å². The number of allylic oxidation sites excluding steroid dienone is 1. The van der Waals surface area contributed by atoms with Gasteiger partial charge in [-0.05, 0) is 36.8 Å². The third kappa shape index (κ3) is 3.92. The van der Waals surface area contributed by atoms with Crippen molar-refractivity contribution in [3.8, 4) is 11.4 Å². The largest absolute Gasteiger partial charge is 0.334 e. The Morgan fingerprint density at radius 2 is 1.79 bits per heavy atom. The van der Waals surface area contributed by atoms with Crippen LogP contribution in [0.1, 0.15) is 24.4 Å². The van der Waals surface area contributed by atoms with Crippen molar-refractivity contribution in [3.63, 3.8) is 0 Å². The summed E-state index contributed by atoms with van der Waals surface area (Å²) in [7, 11) is 0. The van der Waals surface area contributed by atoms with E-state index in [2.05, 4.69) is 15.5 Å². The van der Waals surface area contributed by atoms with Gasteiger partial charge in [0.25, 0.3) is 5.89 Å². The van der Waals surface area contributed by atoms with Gasteiger partial charge in [0, 0.05) is 22.3 Å². The van der Waals surface area contributed by atoms with Gasteiger partial charge in [-0.25, -0.2) is 13.6 Å². The van der Waals surface area contributed by atoms with E-state index in [1.165, 1.54) is 11.0 Å². The Morgan fingerprint density at radius 1 is 1.00 bits per heavy atom. The molecule has 0 saturated carbocycles. The standard InChI is InChI=1S/C25H17ClF2N4O2/c1-14-21(24-30-23(31-34-24)15-6-3-2-4-7-15)22(16-8-5-9-17(26)12-16)29-25(33)32(14)18-10-11-19(27)20(28)13-18/h2-13,22H,1H3,(H,29,33). The van der Waals surface area contributed by atoms with Crippen molar-refractivity contribution in [2.75, 3.05) is 4.90 Å². The summed E-state index contributed by atoms with van der Waals surface area (Å²) in [4.78, 5) is 18.9. The first kappa shape index (κ1) is 21.8. The first-order chi connectivity index (χ1) is 16.4. The number of hydrogen-bond acceptors (Lipinski definition) is 4. The Hall–Kier alpha value is -4.04. The maximum Gasteiger partial charge on any atom is 0.327 e. The van der Waals surface area contributed by atoms with Crippen LogP contribution in [0.3, 0.4) is 0 Å². The average Bonchev–Trinajstić information content (AvgIpc) is 3.31. The van der Waals surface area contributed by atoms with Crippen LogP contribution in [0.4, 0.5) is 19.3 Å². The molecular weight excluding hydrogens is 462 g/mol. The zero-order valence-electron chi connectivity index (χ0n) is 17.8. The molecule has 2 amide bonds. The molecule has 6 nitrogen and oxygen atoms in total. The third-order valence-electron chi connectivity index (χ3n) is 5.52. The first-order valence-corrected chi connectivity index (χ1v) is 10.7. The number of carbonyl (C=O) groups excluding carboxylic acids is 1. The zero-order chi connectivity index (χ0) is 23.8. The van der Waals surface area contributed by atoms with E-state index in [1.807, 2.05) is 36.4 Å². The fourth-order valence-electron chi connectivity index (χ4n) is 3.93. The predicted octanol–water partition coefficient (Wildman–Crippen LogP) is 6.37. The minimum absolute atomic E-state index is 0.152. The molecule has 0 fully saturated rings. The summed E-state index contributed by atoms with van der Waals surface area (Å²) in [5, 5.41) is 7.48. The lowest BCUT2D eigenvalue weighted by Crippen LogP contribution is -2.46. The Labute approximate surface area is 198 Å². The Balaban J connectivity index is 1.67. The number of carbonyl (C=O) groups is 1. The number of rotatable bonds is 4. The Bertz CT molecular complexity index is 1420. The van der Waals surface area contributed by atoms with Crippen molar-refractivity contribution in [2.24, 2.45) is 0 Å². The van der Waals surface area contributed by atoms with Crippen molar-refractivity contribution in [3.05, 3.63) is 107 Å². The Morgan fingerprint density at radius 3 is 2.53 bits per heavy atom. The van der Waals surface area contributed by atoms with Crippen LogP contribution in [0.25, 0.3) is 17.0 Å². The number of nitrogens with zero attached hydrogens (tertiary/aromatic N) is 3. The fraction of sp³-hybridized carbons (Fsp3) is 0.0800. The van der Waals surface area contributed by atoms with Gasteiger partial charge in [-0.1, -0.05) is 59.2 Å². The van der Waals surface area contributed by atoms with Gasteiger partial charge in [-0.3, -0.25) is 4.90 Å². The molecule has 0 radical (unpaired) electrons. The number of anilines is 1. The number of hydrogen-bond donors (Lipinski definition) is 1. The highest BCUT2D eigenvalue weighted by atomic mass is 35.5. The summed E-state index contributed by atoms with van der Waals surface area (Å²) in [6, 6.07) is 18.4. The van der Waals surface area contributed by atoms with Gasteiger partial charge < -0.3 is 9.84 Å². The molecule has 5 rings (SSSR count). The number of urea groups is 1. The molecule has 1 N–H and O–H groups in total. The van der Waals surface area contributed by atoms with Crippen LogP contribution in [-0.4, -0.2) is 16.2 Å². The second-order valence-electron chi connectivity index (χ2n) is 7.66. The molecule has 2 heterocycles. The van der Waals surface area contributed by atoms with Gasteiger partial charge in [0.1, 0.15) is 0 Å². The fourth-order valence-corrected chi connectivity index (χ4v) is 4.13. The lowest BCUT2D eigenvalue weighted by molar-refractivity contribution is 0.244. The zero-order valence-corrected chi connectivity index (χ0v) is 18.6. The molecule has 0 aliphatic carbocycles. The molecule has 0 bridgehead atoms. The molecule has 0 saturated heterocycles. The van der Waals surface area contributed by atoms with E-state index >= 15 is 0 Å². The molecule has 0 spiro atoms. The van der Waals surface area contributed by atoms with Gasteiger partial charge in [0.15, 0.2) is 11.6 Å². The van der Waals surface area contributed by atoms with Crippen LogP contribution in [0.15, 0.2) is 83.0 Å². The first-order valence-electron chi connectivity index (χ1n) is 10.3. The topological polar surface area (TPSA) is 71.3 Å². The number of aromatic nitrogens is 2. The Kier molecular flexibility index (Phi) is 5.59. The highest BCUT2D eigenvalue weighted by Crippen LogP contribution is 2.39. The normalized spacial score (nSPS) is 16.1. The minimum atomic E-state index is -1.07. The van der Waals surface area contributed by atoms with Gasteiger partial charge in [-0.15, -0.1) is 0 Å². The van der Waals surface area contributed by atoms with Crippen LogP contribution >= 0.6 is 11.6 Å². The summed E-state index contributed by atoms with van der Waals surface area (Å²) in [6.45, 7) is 1.68. The molecule has 170 valence electrons. The monoisotopic (exact) mass is 478 g/mol. The maximum atomic E-state index is 14.0. The lowest BCUT2D eigenvalue weighted by atomic mass is 9.94. The molecule has 9 heteroatoms. The van der Waals surface area contributed by atoms with Gasteiger partial charge in [0.2, 0.25) is 5.82 Å². The summed E-state index contributed by atoms with van der Waals surface area (Å²) in [5.74, 6) is -1.53. The lowest BCUT2D eigenvalue weighted by Gasteiger charge is -2.35. The molecule has 34 heavy (non-hydrogen) atoms. The summed E-state index contributed by atoms with van der Waals surface area (Å²) < 4.78 is 33.1. The van der Waals surface area contributed by atoms with Crippen molar-refractivity contribution in [1.82, 2.24) is 15.5 Å². The van der Waals surface area contributed by atoms with Crippen LogP contribution < -0.4 is 10.2 Å². The average molecular weight is 479 g/mol. The quantitative estimate of drug-likeness (QED) is 0.370. The maximum absolute atomic E-state index is 14.0. The van der Waals surface area contributed by atoms with Crippen molar-refractivity contribution >= 4 is 28.9 Å². The molecule has 1 atom stereocenters. The van der Waals surface area contributed by atoms with E-state index in [-0.39, 0.29) is 11.6 Å². The van der Waals surface area contributed by atoms with Crippen molar-refractivity contribution in [2.45, 2.75) is 13.0 Å². The third-order valence-corrected chi connectivity index (χ3v) is 5.75. The minimum Gasteiger partial charge on any atom is -0.334 e. The smallest absolute Gasteiger partial charge is 0.327 e. The predicted molar refractivity (Wildman–Crippen MR) is 124 cm³/mol. The van der Waals surface area contributed by atoms with Crippen molar-refractivity contribution < 1.29 is 18.1 Å². The van der Waals surface area contributed by atoms with Crippen molar-refractivity contribution in [1.29, 1.82) is 0 Å². The van der Waals surface area contributed by atoms with Crippen LogP contribution in [0.2, 0.25) is 5.02 Å². The highest BCUT2D eigenvalue weighted by Gasteiger charge is 2.36. The molecule has 1 aromatic heterocycles. The summed E-state index contributed by atoms with van der Waals surface area (Å²) in [6.07, 6.45) is 0. The van der Waals surface area contributed by atoms with Crippen LogP contribution in [-0.2, 0) is 0 Å². The molecule has 1 aliphatic rings. The number of benzene rings is 3. The number of nitrogens with one attached hydrogen (secondary N) is 1. The number of halogens is 3.